The average Bonchev–Trinajstić information content (AvgIpc) is 3.70. The second-order valence-corrected chi connectivity index (χ2v) is 14.3. The molecule has 0 unspecified atom stereocenters. The minimum Gasteiger partial charge on any atom is -0.456 e. The van der Waals surface area contributed by atoms with Crippen molar-refractivity contribution < 1.29 is 8.83 Å². The molecule has 9 aromatic rings. The predicted molar refractivity (Wildman–Crippen MR) is 199 cm³/mol. The van der Waals surface area contributed by atoms with Crippen molar-refractivity contribution >= 4 is 102 Å². The largest absolute Gasteiger partial charge is 0.456 e. The smallest absolute Gasteiger partial charge is 0.147 e. The molecular weight excluding hydrogens is 629 g/mol. The van der Waals surface area contributed by atoms with E-state index in [1.165, 1.54) is 42.3 Å². The van der Waals surface area contributed by atoms with Crippen molar-refractivity contribution in [2.75, 3.05) is 9.80 Å². The van der Waals surface area contributed by atoms with E-state index in [-0.39, 0.29) is 0 Å². The highest BCUT2D eigenvalue weighted by Crippen LogP contribution is 2.53. The Kier molecular flexibility index (Phi) is 5.51. The summed E-state index contributed by atoms with van der Waals surface area (Å²) in [4.78, 5) is 9.69. The zero-order valence-electron chi connectivity index (χ0n) is 25.4. The van der Waals surface area contributed by atoms with Gasteiger partial charge in [0, 0.05) is 47.1 Å². The predicted octanol–water partition coefficient (Wildman–Crippen LogP) is 13.4. The topological polar surface area (TPSA) is 32.8 Å². The van der Waals surface area contributed by atoms with Crippen LogP contribution in [0, 0.1) is 0 Å². The molecule has 0 fully saturated rings. The Labute approximate surface area is 284 Å². The summed E-state index contributed by atoms with van der Waals surface area (Å²) in [6.07, 6.45) is 0. The molecule has 226 valence electrons. The number of hydrogen-bond donors (Lipinski definition) is 0. The second-order valence-electron chi connectivity index (χ2n) is 12.1. The maximum atomic E-state index is 6.71. The van der Waals surface area contributed by atoms with Crippen LogP contribution in [0.1, 0.15) is 0 Å². The van der Waals surface area contributed by atoms with E-state index < -0.39 is 0 Å². The van der Waals surface area contributed by atoms with Gasteiger partial charge in [-0.3, -0.25) is 0 Å². The van der Waals surface area contributed by atoms with Crippen LogP contribution in [0.5, 0.6) is 0 Å². The molecule has 0 N–H and O–H groups in total. The first-order chi connectivity index (χ1) is 23.8. The van der Waals surface area contributed by atoms with E-state index in [1.807, 2.05) is 23.5 Å². The summed E-state index contributed by atoms with van der Waals surface area (Å²) in [7, 11) is 0. The van der Waals surface area contributed by atoms with Gasteiger partial charge in [-0.25, -0.2) is 0 Å². The average molecular weight is 653 g/mol. The minimum absolute atomic E-state index is 0.819. The van der Waals surface area contributed by atoms with Crippen LogP contribution >= 0.6 is 23.5 Å². The second kappa shape index (κ2) is 9.97. The molecular formula is C42H24N2O2S2. The molecule has 2 aromatic heterocycles. The van der Waals surface area contributed by atoms with Gasteiger partial charge in [-0.15, -0.1) is 0 Å². The highest BCUT2D eigenvalue weighted by molar-refractivity contribution is 8.00. The van der Waals surface area contributed by atoms with Crippen LogP contribution in [-0.4, -0.2) is 0 Å². The molecule has 0 spiro atoms. The Morgan fingerprint density at radius 3 is 1.33 bits per heavy atom. The molecule has 11 rings (SSSR count). The van der Waals surface area contributed by atoms with E-state index in [0.717, 1.165) is 55.3 Å². The molecule has 0 radical (unpaired) electrons. The highest BCUT2D eigenvalue weighted by Gasteiger charge is 2.27. The SMILES string of the molecule is c1ccc2c(c1)Sc1ccccc1N2c1ccc2oc3c(ccc4oc5ccc(N6c7ccccc7Sc7ccccc76)cc5c43)c2c1. The maximum Gasteiger partial charge on any atom is 0.147 e. The van der Waals surface area contributed by atoms with Gasteiger partial charge in [0.25, 0.3) is 0 Å². The third-order valence-corrected chi connectivity index (χ3v) is 11.7. The number of furan rings is 2. The fourth-order valence-corrected chi connectivity index (χ4v) is 9.43. The van der Waals surface area contributed by atoms with Gasteiger partial charge >= 0.3 is 0 Å². The lowest BCUT2D eigenvalue weighted by Crippen LogP contribution is -2.14. The Bertz CT molecular complexity index is 2690. The zero-order chi connectivity index (χ0) is 31.3. The molecule has 4 heterocycles. The third-order valence-electron chi connectivity index (χ3n) is 9.42. The van der Waals surface area contributed by atoms with Crippen LogP contribution in [0.15, 0.2) is 174 Å². The zero-order valence-corrected chi connectivity index (χ0v) is 27.0. The van der Waals surface area contributed by atoms with E-state index in [2.05, 4.69) is 155 Å². The van der Waals surface area contributed by atoms with Gasteiger partial charge in [-0.05, 0) is 97.1 Å². The summed E-state index contributed by atoms with van der Waals surface area (Å²) >= 11 is 3.64. The van der Waals surface area contributed by atoms with Crippen LogP contribution in [0.25, 0.3) is 43.9 Å². The van der Waals surface area contributed by atoms with Crippen molar-refractivity contribution in [3.05, 3.63) is 146 Å². The van der Waals surface area contributed by atoms with E-state index in [0.29, 0.717) is 0 Å². The van der Waals surface area contributed by atoms with Gasteiger partial charge in [-0.1, -0.05) is 72.1 Å². The summed E-state index contributed by atoms with van der Waals surface area (Å²) < 4.78 is 13.2. The number of nitrogens with zero attached hydrogens (tertiary/aromatic N) is 2. The Morgan fingerprint density at radius 1 is 0.375 bits per heavy atom. The van der Waals surface area contributed by atoms with Crippen molar-refractivity contribution in [2.45, 2.75) is 19.6 Å². The van der Waals surface area contributed by atoms with Gasteiger partial charge in [-0.2, -0.15) is 0 Å². The van der Waals surface area contributed by atoms with Crippen molar-refractivity contribution in [1.82, 2.24) is 0 Å². The first kappa shape index (κ1) is 26.5. The van der Waals surface area contributed by atoms with Gasteiger partial charge in [0.2, 0.25) is 0 Å². The number of para-hydroxylation sites is 4. The standard InChI is InChI=1S/C42H24N2O2S2/c1-5-13-37-30(9-1)43(31-10-2-6-14-38(31)47-37)25-17-20-34-28(23-25)27-19-22-36-41(42(27)46-34)29-24-26(18-21-35(29)45-36)44-32-11-3-7-15-39(32)48-40-16-8-4-12-33(40)44/h1-24H. The lowest BCUT2D eigenvalue weighted by Gasteiger charge is -2.32. The lowest BCUT2D eigenvalue weighted by atomic mass is 10.1. The van der Waals surface area contributed by atoms with Crippen LogP contribution in [-0.2, 0) is 0 Å². The maximum absolute atomic E-state index is 6.71. The van der Waals surface area contributed by atoms with Crippen LogP contribution in [0.2, 0.25) is 0 Å². The van der Waals surface area contributed by atoms with Gasteiger partial charge in [0.05, 0.1) is 28.1 Å². The molecule has 48 heavy (non-hydrogen) atoms. The molecule has 6 heteroatoms. The molecule has 0 bridgehead atoms. The number of hydrogen-bond acceptors (Lipinski definition) is 6. The fourth-order valence-electron chi connectivity index (χ4n) is 7.31. The van der Waals surface area contributed by atoms with Crippen LogP contribution in [0.4, 0.5) is 34.1 Å². The monoisotopic (exact) mass is 652 g/mol. The molecule has 2 aliphatic rings. The third kappa shape index (κ3) is 3.75. The lowest BCUT2D eigenvalue weighted by molar-refractivity contribution is 0.663. The molecule has 0 aliphatic carbocycles. The molecule has 2 aliphatic heterocycles. The fraction of sp³-hybridized carbons (Fsp3) is 0. The number of fused-ring (bicyclic) bond motifs is 11. The summed E-state index contributed by atoms with van der Waals surface area (Å²) in [5.74, 6) is 0. The van der Waals surface area contributed by atoms with E-state index >= 15 is 0 Å². The van der Waals surface area contributed by atoms with Gasteiger partial charge in [0.1, 0.15) is 22.3 Å². The molecule has 0 saturated heterocycles. The van der Waals surface area contributed by atoms with Crippen LogP contribution in [0.3, 0.4) is 0 Å². The summed E-state index contributed by atoms with van der Waals surface area (Å²) in [5, 5.41) is 4.20. The summed E-state index contributed by atoms with van der Waals surface area (Å²) in [6.45, 7) is 0. The highest BCUT2D eigenvalue weighted by atomic mass is 32.2. The minimum atomic E-state index is 0.819. The van der Waals surface area contributed by atoms with Crippen molar-refractivity contribution in [3.63, 3.8) is 0 Å². The Morgan fingerprint density at radius 2 is 0.812 bits per heavy atom. The Hall–Kier alpha value is -5.56. The van der Waals surface area contributed by atoms with Crippen molar-refractivity contribution in [1.29, 1.82) is 0 Å². The number of benzene rings is 7. The Balaban J connectivity index is 1.11. The molecule has 7 aromatic carbocycles. The number of anilines is 6. The van der Waals surface area contributed by atoms with Crippen LogP contribution < -0.4 is 9.80 Å². The molecule has 0 atom stereocenters. The van der Waals surface area contributed by atoms with E-state index in [4.69, 9.17) is 8.83 Å². The van der Waals surface area contributed by atoms with Crippen molar-refractivity contribution in [3.8, 4) is 0 Å². The molecule has 0 saturated carbocycles. The van der Waals surface area contributed by atoms with E-state index in [1.54, 1.807) is 0 Å². The van der Waals surface area contributed by atoms with Crippen molar-refractivity contribution in [2.24, 2.45) is 0 Å². The van der Waals surface area contributed by atoms with Gasteiger partial charge in [0.15, 0.2) is 0 Å². The van der Waals surface area contributed by atoms with Gasteiger partial charge < -0.3 is 18.6 Å². The molecule has 0 amide bonds. The summed E-state index contributed by atoms with van der Waals surface area (Å²) in [6, 6.07) is 51.7. The van der Waals surface area contributed by atoms with E-state index in [9.17, 15) is 0 Å². The molecule has 4 nitrogen and oxygen atoms in total. The number of rotatable bonds is 2. The quantitative estimate of drug-likeness (QED) is 0.185. The first-order valence-electron chi connectivity index (χ1n) is 15.9. The normalized spacial score (nSPS) is 13.6. The first-order valence-corrected chi connectivity index (χ1v) is 17.6. The summed E-state index contributed by atoms with van der Waals surface area (Å²) in [5.41, 5.74) is 10.3.